The average Bonchev–Trinajstić information content (AvgIpc) is 2.30. The zero-order valence-electron chi connectivity index (χ0n) is 9.48. The molecule has 0 aliphatic heterocycles. The van der Waals surface area contributed by atoms with Crippen LogP contribution in [0.2, 0.25) is 0 Å². The molecule has 106 valence electrons. The van der Waals surface area contributed by atoms with Crippen LogP contribution in [0, 0.1) is 10.1 Å². The van der Waals surface area contributed by atoms with Crippen LogP contribution in [0.15, 0.2) is 18.2 Å². The summed E-state index contributed by atoms with van der Waals surface area (Å²) in [5.41, 5.74) is 5.02. The summed E-state index contributed by atoms with van der Waals surface area (Å²) in [6, 6.07) is 3.57. The molecule has 0 fully saturated rings. The predicted octanol–water partition coefficient (Wildman–Crippen LogP) is 2.59. The molecule has 0 bridgehead atoms. The first kappa shape index (κ1) is 15.2. The number of rotatable bonds is 6. The highest BCUT2D eigenvalue weighted by Gasteiger charge is 2.40. The number of hydrogen-bond donors (Lipinski definition) is 1. The van der Waals surface area contributed by atoms with E-state index in [1.807, 2.05) is 0 Å². The van der Waals surface area contributed by atoms with E-state index in [4.69, 9.17) is 5.73 Å². The first-order valence-electron chi connectivity index (χ1n) is 5.00. The second-order valence-electron chi connectivity index (χ2n) is 3.70. The van der Waals surface area contributed by atoms with E-state index in [0.717, 1.165) is 6.07 Å². The summed E-state index contributed by atoms with van der Waals surface area (Å²) >= 11 is 0. The number of nitrogen functional groups attached to an aromatic ring is 1. The van der Waals surface area contributed by atoms with Crippen molar-refractivity contribution in [3.8, 4) is 0 Å². The standard InChI is InChI=1S/C10H10F4N2O3/c11-9(12)10(13,14)5-19-4-6-1-2-7(15)8(3-6)16(17)18/h1-3,9H,4-5,15H2. The molecule has 0 atom stereocenters. The third kappa shape index (κ3) is 4.05. The average molecular weight is 282 g/mol. The van der Waals surface area contributed by atoms with Crippen molar-refractivity contribution in [2.75, 3.05) is 12.3 Å². The van der Waals surface area contributed by atoms with Gasteiger partial charge in [-0.3, -0.25) is 10.1 Å². The fourth-order valence-electron chi connectivity index (χ4n) is 1.21. The largest absolute Gasteiger partial charge is 0.393 e. The van der Waals surface area contributed by atoms with Gasteiger partial charge in [0.2, 0.25) is 0 Å². The molecule has 0 saturated carbocycles. The van der Waals surface area contributed by atoms with Crippen LogP contribution < -0.4 is 5.73 Å². The van der Waals surface area contributed by atoms with Gasteiger partial charge in [-0.2, -0.15) is 8.78 Å². The normalized spacial score (nSPS) is 11.8. The zero-order valence-corrected chi connectivity index (χ0v) is 9.48. The molecule has 0 heterocycles. The minimum absolute atomic E-state index is 0.0911. The highest BCUT2D eigenvalue weighted by molar-refractivity contribution is 5.59. The minimum atomic E-state index is -4.25. The molecule has 0 radical (unpaired) electrons. The number of nitrogens with zero attached hydrogens (tertiary/aromatic N) is 1. The van der Waals surface area contributed by atoms with Gasteiger partial charge in [-0.05, 0) is 11.6 Å². The van der Waals surface area contributed by atoms with Crippen LogP contribution in [0.1, 0.15) is 5.56 Å². The molecular weight excluding hydrogens is 272 g/mol. The Morgan fingerprint density at radius 2 is 2.05 bits per heavy atom. The second-order valence-corrected chi connectivity index (χ2v) is 3.70. The van der Waals surface area contributed by atoms with Gasteiger partial charge in [-0.1, -0.05) is 6.07 Å². The molecule has 1 rings (SSSR count). The molecule has 2 N–H and O–H groups in total. The number of benzene rings is 1. The number of nitrogens with two attached hydrogens (primary N) is 1. The van der Waals surface area contributed by atoms with Gasteiger partial charge in [0.1, 0.15) is 12.3 Å². The highest BCUT2D eigenvalue weighted by Crippen LogP contribution is 2.25. The van der Waals surface area contributed by atoms with E-state index in [1.54, 1.807) is 0 Å². The highest BCUT2D eigenvalue weighted by atomic mass is 19.3. The number of anilines is 1. The quantitative estimate of drug-likeness (QED) is 0.376. The summed E-state index contributed by atoms with van der Waals surface area (Å²) in [5.74, 6) is -4.25. The Bertz CT molecular complexity index is 468. The van der Waals surface area contributed by atoms with Gasteiger partial charge in [-0.25, -0.2) is 8.78 Å². The Kier molecular flexibility index (Phi) is 4.65. The zero-order chi connectivity index (χ0) is 14.6. The third-order valence-electron chi connectivity index (χ3n) is 2.17. The smallest absolute Gasteiger partial charge is 0.330 e. The lowest BCUT2D eigenvalue weighted by atomic mass is 10.2. The predicted molar refractivity (Wildman–Crippen MR) is 58.1 cm³/mol. The molecule has 0 aliphatic carbocycles. The third-order valence-corrected chi connectivity index (χ3v) is 2.17. The van der Waals surface area contributed by atoms with E-state index in [9.17, 15) is 27.7 Å². The van der Waals surface area contributed by atoms with Crippen LogP contribution in [-0.2, 0) is 11.3 Å². The molecule has 0 aliphatic rings. The van der Waals surface area contributed by atoms with Crippen LogP contribution in [0.3, 0.4) is 0 Å². The maximum atomic E-state index is 12.5. The fourth-order valence-corrected chi connectivity index (χ4v) is 1.21. The van der Waals surface area contributed by atoms with Crippen molar-refractivity contribution in [1.82, 2.24) is 0 Å². The summed E-state index contributed by atoms with van der Waals surface area (Å²) < 4.78 is 53.1. The number of hydrogen-bond acceptors (Lipinski definition) is 4. The number of ether oxygens (including phenoxy) is 1. The molecule has 0 amide bonds. The molecule has 0 aromatic heterocycles. The van der Waals surface area contributed by atoms with Crippen LogP contribution in [0.25, 0.3) is 0 Å². The maximum absolute atomic E-state index is 12.5. The number of nitro groups is 1. The van der Waals surface area contributed by atoms with E-state index < -0.39 is 36.2 Å². The number of halogens is 4. The Balaban J connectivity index is 2.64. The van der Waals surface area contributed by atoms with Gasteiger partial charge in [0, 0.05) is 6.07 Å². The molecule has 0 saturated heterocycles. The van der Waals surface area contributed by atoms with Crippen LogP contribution in [0.5, 0.6) is 0 Å². The van der Waals surface area contributed by atoms with Crippen LogP contribution in [-0.4, -0.2) is 23.9 Å². The monoisotopic (exact) mass is 282 g/mol. The molecule has 19 heavy (non-hydrogen) atoms. The molecule has 0 unspecified atom stereocenters. The lowest BCUT2D eigenvalue weighted by molar-refractivity contribution is -0.384. The second kappa shape index (κ2) is 5.83. The van der Waals surface area contributed by atoms with Gasteiger partial charge in [0.05, 0.1) is 11.5 Å². The molecule has 1 aromatic carbocycles. The molecule has 0 spiro atoms. The van der Waals surface area contributed by atoms with E-state index in [0.29, 0.717) is 0 Å². The molecule has 1 aromatic rings. The maximum Gasteiger partial charge on any atom is 0.330 e. The lowest BCUT2D eigenvalue weighted by Gasteiger charge is -2.15. The van der Waals surface area contributed by atoms with Crippen molar-refractivity contribution in [2.24, 2.45) is 0 Å². The number of alkyl halides is 4. The van der Waals surface area contributed by atoms with E-state index in [-0.39, 0.29) is 11.3 Å². The van der Waals surface area contributed by atoms with Gasteiger partial charge in [0.25, 0.3) is 5.69 Å². The Hall–Kier alpha value is -1.90. The summed E-state index contributed by atoms with van der Waals surface area (Å²) in [6.07, 6.45) is -3.83. The molecule has 9 heteroatoms. The summed E-state index contributed by atoms with van der Waals surface area (Å²) in [7, 11) is 0. The van der Waals surface area contributed by atoms with Gasteiger partial charge < -0.3 is 10.5 Å². The van der Waals surface area contributed by atoms with Crippen molar-refractivity contribution in [2.45, 2.75) is 19.0 Å². The first-order chi connectivity index (χ1) is 8.74. The van der Waals surface area contributed by atoms with Gasteiger partial charge in [0.15, 0.2) is 0 Å². The van der Waals surface area contributed by atoms with Crippen molar-refractivity contribution in [1.29, 1.82) is 0 Å². The van der Waals surface area contributed by atoms with Crippen LogP contribution >= 0.6 is 0 Å². The summed E-state index contributed by atoms with van der Waals surface area (Å²) in [6.45, 7) is -1.92. The summed E-state index contributed by atoms with van der Waals surface area (Å²) in [5, 5.41) is 10.6. The Morgan fingerprint density at radius 1 is 1.42 bits per heavy atom. The van der Waals surface area contributed by atoms with E-state index in [1.165, 1.54) is 12.1 Å². The lowest BCUT2D eigenvalue weighted by Crippen LogP contribution is -2.32. The molecule has 5 nitrogen and oxygen atoms in total. The van der Waals surface area contributed by atoms with Crippen molar-refractivity contribution in [3.05, 3.63) is 33.9 Å². The first-order valence-corrected chi connectivity index (χ1v) is 5.00. The molecular formula is C10H10F4N2O3. The Morgan fingerprint density at radius 3 is 2.58 bits per heavy atom. The fraction of sp³-hybridized carbons (Fsp3) is 0.400. The Labute approximate surface area is 105 Å². The van der Waals surface area contributed by atoms with Crippen molar-refractivity contribution < 1.29 is 27.2 Å². The van der Waals surface area contributed by atoms with Crippen LogP contribution in [0.4, 0.5) is 28.9 Å². The summed E-state index contributed by atoms with van der Waals surface area (Å²) in [4.78, 5) is 9.82. The van der Waals surface area contributed by atoms with Gasteiger partial charge >= 0.3 is 12.3 Å². The van der Waals surface area contributed by atoms with Crippen molar-refractivity contribution >= 4 is 11.4 Å². The van der Waals surface area contributed by atoms with Gasteiger partial charge in [-0.15, -0.1) is 0 Å². The van der Waals surface area contributed by atoms with E-state index in [2.05, 4.69) is 4.74 Å². The number of nitro benzene ring substituents is 1. The minimum Gasteiger partial charge on any atom is -0.393 e. The topological polar surface area (TPSA) is 78.4 Å². The van der Waals surface area contributed by atoms with E-state index >= 15 is 0 Å². The van der Waals surface area contributed by atoms with Crippen molar-refractivity contribution in [3.63, 3.8) is 0 Å². The SMILES string of the molecule is Nc1ccc(COCC(F)(F)C(F)F)cc1[N+](=O)[O-].